The van der Waals surface area contributed by atoms with E-state index in [1.165, 1.54) is 11.1 Å². The zero-order valence-corrected chi connectivity index (χ0v) is 8.60. The predicted octanol–water partition coefficient (Wildman–Crippen LogP) is 2.98. The van der Waals surface area contributed by atoms with Crippen molar-refractivity contribution in [1.82, 2.24) is 4.98 Å². The standard InChI is InChI=1S/C9H11NS2/c1-7-8(3-2-6-11)4-5-10-9(7)12/h4-6H,2-3H2,1H3,(H,10,12). The Bertz CT molecular complexity index is 328. The first-order chi connectivity index (χ1) is 5.75. The molecule has 1 N–H and O–H groups in total. The SMILES string of the molecule is Cc1c(CCC=S)cc[nH]c1=S. The summed E-state index contributed by atoms with van der Waals surface area (Å²) in [7, 11) is 0. The summed E-state index contributed by atoms with van der Waals surface area (Å²) >= 11 is 9.87. The van der Waals surface area contributed by atoms with Crippen molar-refractivity contribution in [3.8, 4) is 0 Å². The first-order valence-electron chi connectivity index (χ1n) is 3.86. The molecule has 0 atom stereocenters. The Morgan fingerprint density at radius 2 is 2.33 bits per heavy atom. The van der Waals surface area contributed by atoms with Gasteiger partial charge in [-0.05, 0) is 42.3 Å². The Morgan fingerprint density at radius 1 is 1.58 bits per heavy atom. The Morgan fingerprint density at radius 3 is 3.00 bits per heavy atom. The van der Waals surface area contributed by atoms with E-state index in [0.29, 0.717) is 0 Å². The summed E-state index contributed by atoms with van der Waals surface area (Å²) in [5.41, 5.74) is 2.46. The third-order valence-electron chi connectivity index (χ3n) is 1.85. The fourth-order valence-electron chi connectivity index (χ4n) is 1.08. The summed E-state index contributed by atoms with van der Waals surface area (Å²) in [4.78, 5) is 2.99. The molecule has 0 bridgehead atoms. The number of hydrogen-bond acceptors (Lipinski definition) is 2. The summed E-state index contributed by atoms with van der Waals surface area (Å²) in [6.45, 7) is 2.04. The van der Waals surface area contributed by atoms with Crippen molar-refractivity contribution < 1.29 is 0 Å². The van der Waals surface area contributed by atoms with E-state index in [-0.39, 0.29) is 0 Å². The zero-order valence-electron chi connectivity index (χ0n) is 6.96. The molecule has 0 aliphatic rings. The second-order valence-corrected chi connectivity index (χ2v) is 3.40. The lowest BCUT2D eigenvalue weighted by Crippen LogP contribution is -1.92. The van der Waals surface area contributed by atoms with Gasteiger partial charge in [0, 0.05) is 6.20 Å². The Balaban J connectivity index is 2.92. The van der Waals surface area contributed by atoms with Gasteiger partial charge >= 0.3 is 0 Å². The average Bonchev–Trinajstić information content (AvgIpc) is 2.08. The fraction of sp³-hybridized carbons (Fsp3) is 0.333. The van der Waals surface area contributed by atoms with Crippen molar-refractivity contribution in [3.63, 3.8) is 0 Å². The summed E-state index contributed by atoms with van der Waals surface area (Å²) in [5, 5.41) is 1.76. The molecular weight excluding hydrogens is 186 g/mol. The van der Waals surface area contributed by atoms with Gasteiger partial charge in [0.05, 0.1) is 0 Å². The number of aryl methyl sites for hydroxylation is 1. The van der Waals surface area contributed by atoms with Crippen molar-refractivity contribution in [1.29, 1.82) is 0 Å². The Kier molecular flexibility index (Phi) is 3.56. The van der Waals surface area contributed by atoms with Gasteiger partial charge in [-0.3, -0.25) is 0 Å². The number of H-pyrrole nitrogens is 1. The van der Waals surface area contributed by atoms with E-state index in [1.54, 1.807) is 5.37 Å². The lowest BCUT2D eigenvalue weighted by molar-refractivity contribution is 1.02. The highest BCUT2D eigenvalue weighted by atomic mass is 32.1. The number of nitrogens with one attached hydrogen (secondary N) is 1. The number of pyridine rings is 1. The maximum atomic E-state index is 5.10. The van der Waals surface area contributed by atoms with Gasteiger partial charge in [-0.15, -0.1) is 0 Å². The van der Waals surface area contributed by atoms with Gasteiger partial charge in [-0.25, -0.2) is 0 Å². The molecule has 0 aliphatic heterocycles. The summed E-state index contributed by atoms with van der Waals surface area (Å²) in [5.74, 6) is 0. The molecule has 12 heavy (non-hydrogen) atoms. The molecule has 0 aliphatic carbocycles. The number of aromatic amines is 1. The van der Waals surface area contributed by atoms with E-state index in [9.17, 15) is 0 Å². The highest BCUT2D eigenvalue weighted by Gasteiger charge is 1.97. The molecule has 3 heteroatoms. The molecule has 0 unspecified atom stereocenters. The van der Waals surface area contributed by atoms with Crippen LogP contribution in [0.1, 0.15) is 17.5 Å². The largest absolute Gasteiger partial charge is 0.353 e. The first-order valence-corrected chi connectivity index (χ1v) is 4.74. The lowest BCUT2D eigenvalue weighted by atomic mass is 10.1. The zero-order chi connectivity index (χ0) is 8.97. The predicted molar refractivity (Wildman–Crippen MR) is 58.3 cm³/mol. The highest BCUT2D eigenvalue weighted by molar-refractivity contribution is 7.78. The van der Waals surface area contributed by atoms with E-state index in [2.05, 4.69) is 11.1 Å². The normalized spacial score (nSPS) is 9.75. The molecule has 0 saturated carbocycles. The van der Waals surface area contributed by atoms with Crippen LogP contribution in [0.3, 0.4) is 0 Å². The molecule has 1 aromatic heterocycles. The minimum atomic E-state index is 0.830. The van der Waals surface area contributed by atoms with Crippen molar-refractivity contribution in [2.45, 2.75) is 19.8 Å². The first kappa shape index (κ1) is 9.55. The summed E-state index contributed by atoms with van der Waals surface area (Å²) in [6.07, 6.45) is 3.82. The van der Waals surface area contributed by atoms with Gasteiger partial charge in [-0.1, -0.05) is 24.4 Å². The van der Waals surface area contributed by atoms with Crippen LogP contribution >= 0.6 is 24.4 Å². The van der Waals surface area contributed by atoms with Gasteiger partial charge < -0.3 is 4.98 Å². The minimum Gasteiger partial charge on any atom is -0.353 e. The highest BCUT2D eigenvalue weighted by Crippen LogP contribution is 2.08. The maximum Gasteiger partial charge on any atom is 0.106 e. The van der Waals surface area contributed by atoms with E-state index in [4.69, 9.17) is 24.4 Å². The maximum absolute atomic E-state index is 5.10. The molecule has 64 valence electrons. The summed E-state index contributed by atoms with van der Waals surface area (Å²) in [6, 6.07) is 2.06. The molecule has 0 spiro atoms. The molecule has 0 radical (unpaired) electrons. The quantitative estimate of drug-likeness (QED) is 0.750. The van der Waals surface area contributed by atoms with Crippen molar-refractivity contribution >= 4 is 29.8 Å². The van der Waals surface area contributed by atoms with Crippen LogP contribution in [0.2, 0.25) is 0 Å². The van der Waals surface area contributed by atoms with Crippen molar-refractivity contribution in [3.05, 3.63) is 28.0 Å². The van der Waals surface area contributed by atoms with Crippen LogP contribution in [-0.2, 0) is 6.42 Å². The van der Waals surface area contributed by atoms with Crippen LogP contribution in [0, 0.1) is 11.6 Å². The van der Waals surface area contributed by atoms with E-state index >= 15 is 0 Å². The van der Waals surface area contributed by atoms with Crippen molar-refractivity contribution in [2.24, 2.45) is 0 Å². The van der Waals surface area contributed by atoms with Crippen LogP contribution < -0.4 is 0 Å². The smallest absolute Gasteiger partial charge is 0.106 e. The number of rotatable bonds is 3. The number of hydrogen-bond donors (Lipinski definition) is 1. The number of aromatic nitrogens is 1. The van der Waals surface area contributed by atoms with Gasteiger partial charge in [0.2, 0.25) is 0 Å². The van der Waals surface area contributed by atoms with Crippen LogP contribution in [0.25, 0.3) is 0 Å². The molecule has 0 amide bonds. The van der Waals surface area contributed by atoms with Crippen LogP contribution in [0.15, 0.2) is 12.3 Å². The topological polar surface area (TPSA) is 15.8 Å². The molecule has 0 saturated heterocycles. The fourth-order valence-corrected chi connectivity index (χ4v) is 1.40. The van der Waals surface area contributed by atoms with Crippen LogP contribution in [0.5, 0.6) is 0 Å². The second-order valence-electron chi connectivity index (χ2n) is 2.66. The van der Waals surface area contributed by atoms with E-state index in [0.717, 1.165) is 17.5 Å². The minimum absolute atomic E-state index is 0.830. The second kappa shape index (κ2) is 4.48. The monoisotopic (exact) mass is 197 g/mol. The third kappa shape index (κ3) is 2.22. The van der Waals surface area contributed by atoms with Gasteiger partial charge in [-0.2, -0.15) is 0 Å². The Labute approximate surface area is 82.8 Å². The van der Waals surface area contributed by atoms with Gasteiger partial charge in [0.25, 0.3) is 0 Å². The molecule has 1 rings (SSSR count). The Hall–Kier alpha value is -0.540. The van der Waals surface area contributed by atoms with Crippen LogP contribution in [-0.4, -0.2) is 10.4 Å². The molecule has 1 nitrogen and oxygen atoms in total. The van der Waals surface area contributed by atoms with E-state index in [1.807, 2.05) is 13.1 Å². The van der Waals surface area contributed by atoms with Crippen LogP contribution in [0.4, 0.5) is 0 Å². The van der Waals surface area contributed by atoms with E-state index < -0.39 is 0 Å². The third-order valence-corrected chi connectivity index (χ3v) is 2.51. The molecule has 1 heterocycles. The number of thiocarbonyl (C=S) groups is 1. The van der Waals surface area contributed by atoms with Gasteiger partial charge in [0.1, 0.15) is 4.64 Å². The van der Waals surface area contributed by atoms with Gasteiger partial charge in [0.15, 0.2) is 0 Å². The molecule has 1 aromatic rings. The molecule has 0 aromatic carbocycles. The van der Waals surface area contributed by atoms with Crippen molar-refractivity contribution in [2.75, 3.05) is 0 Å². The molecule has 0 fully saturated rings. The summed E-state index contributed by atoms with van der Waals surface area (Å²) < 4.78 is 0.830. The molecular formula is C9H11NS2. The lowest BCUT2D eigenvalue weighted by Gasteiger charge is -2.02. The average molecular weight is 197 g/mol.